The molecule has 2 heterocycles. The summed E-state index contributed by atoms with van der Waals surface area (Å²) in [5.41, 5.74) is 3.95. The molecule has 0 saturated heterocycles. The first-order valence-electron chi connectivity index (χ1n) is 6.75. The molecule has 0 spiro atoms. The lowest BCUT2D eigenvalue weighted by Crippen LogP contribution is -2.06. The molecule has 4 nitrogen and oxygen atoms in total. The number of halogens is 2. The molecule has 6 heteroatoms. The van der Waals surface area contributed by atoms with Crippen LogP contribution < -0.4 is 0 Å². The minimum atomic E-state index is -0.189. The van der Waals surface area contributed by atoms with E-state index in [1.807, 2.05) is 50.0 Å². The van der Waals surface area contributed by atoms with Crippen molar-refractivity contribution in [2.24, 2.45) is 7.05 Å². The van der Waals surface area contributed by atoms with E-state index in [4.69, 9.17) is 23.2 Å². The third kappa shape index (κ3) is 2.54. The van der Waals surface area contributed by atoms with Gasteiger partial charge in [-0.05, 0) is 26.0 Å². The van der Waals surface area contributed by atoms with Gasteiger partial charge < -0.3 is 4.57 Å². The summed E-state index contributed by atoms with van der Waals surface area (Å²) < 4.78 is 3.93. The number of aromatic nitrogens is 4. The molecule has 0 aliphatic carbocycles. The van der Waals surface area contributed by atoms with E-state index in [2.05, 4.69) is 14.6 Å². The zero-order chi connectivity index (χ0) is 15.1. The summed E-state index contributed by atoms with van der Waals surface area (Å²) in [5, 5.41) is 4.84. The van der Waals surface area contributed by atoms with Crippen molar-refractivity contribution in [2.45, 2.75) is 25.8 Å². The van der Waals surface area contributed by atoms with Crippen LogP contribution in [-0.4, -0.2) is 19.3 Å². The van der Waals surface area contributed by atoms with Crippen molar-refractivity contribution in [3.63, 3.8) is 0 Å². The van der Waals surface area contributed by atoms with Gasteiger partial charge >= 0.3 is 0 Å². The molecule has 0 N–H and O–H groups in total. The molecule has 1 aromatic carbocycles. The Kier molecular flexibility index (Phi) is 3.68. The fourth-order valence-corrected chi connectivity index (χ4v) is 2.95. The van der Waals surface area contributed by atoms with Crippen LogP contribution >= 0.6 is 23.2 Å². The number of benzene rings is 1. The SMILES string of the molecule is Cc1nn(C)cc1Cn1c(C(C)Cl)nc2c(Cl)cccc21. The van der Waals surface area contributed by atoms with Crippen LogP contribution in [0.2, 0.25) is 5.02 Å². The fraction of sp³-hybridized carbons (Fsp3) is 0.333. The molecule has 3 aromatic rings. The Labute approximate surface area is 133 Å². The smallest absolute Gasteiger partial charge is 0.128 e. The van der Waals surface area contributed by atoms with Crippen molar-refractivity contribution in [1.82, 2.24) is 19.3 Å². The zero-order valence-electron chi connectivity index (χ0n) is 12.1. The predicted molar refractivity (Wildman–Crippen MR) is 86.1 cm³/mol. The number of aryl methyl sites for hydroxylation is 2. The molecule has 0 bridgehead atoms. The van der Waals surface area contributed by atoms with Gasteiger partial charge in [0.25, 0.3) is 0 Å². The molecule has 1 unspecified atom stereocenters. The Morgan fingerprint density at radius 2 is 2.10 bits per heavy atom. The molecule has 110 valence electrons. The lowest BCUT2D eigenvalue weighted by atomic mass is 10.2. The van der Waals surface area contributed by atoms with Crippen LogP contribution in [0.25, 0.3) is 11.0 Å². The normalized spacial score (nSPS) is 13.0. The number of rotatable bonds is 3. The van der Waals surface area contributed by atoms with Gasteiger partial charge in [-0.3, -0.25) is 4.68 Å². The summed E-state index contributed by atoms with van der Waals surface area (Å²) in [6.45, 7) is 4.61. The van der Waals surface area contributed by atoms with Crippen molar-refractivity contribution in [3.8, 4) is 0 Å². The maximum Gasteiger partial charge on any atom is 0.128 e. The van der Waals surface area contributed by atoms with Crippen molar-refractivity contribution in [2.75, 3.05) is 0 Å². The Morgan fingerprint density at radius 1 is 1.33 bits per heavy atom. The third-order valence-corrected chi connectivity index (χ3v) is 4.06. The number of alkyl halides is 1. The first-order valence-corrected chi connectivity index (χ1v) is 7.56. The molecule has 0 aliphatic heterocycles. The second-order valence-corrected chi connectivity index (χ2v) is 6.25. The molecule has 0 amide bonds. The first-order chi connectivity index (χ1) is 9.97. The quantitative estimate of drug-likeness (QED) is 0.681. The Bertz CT molecular complexity index is 801. The van der Waals surface area contributed by atoms with Gasteiger partial charge in [0.2, 0.25) is 0 Å². The molecule has 0 radical (unpaired) electrons. The lowest BCUT2D eigenvalue weighted by molar-refractivity contribution is 0.738. The summed E-state index contributed by atoms with van der Waals surface area (Å²) in [6.07, 6.45) is 2.02. The molecule has 1 atom stereocenters. The van der Waals surface area contributed by atoms with E-state index >= 15 is 0 Å². The van der Waals surface area contributed by atoms with E-state index in [1.165, 1.54) is 0 Å². The number of imidazole rings is 1. The van der Waals surface area contributed by atoms with E-state index in [0.717, 1.165) is 28.1 Å². The zero-order valence-corrected chi connectivity index (χ0v) is 13.7. The van der Waals surface area contributed by atoms with E-state index in [1.54, 1.807) is 0 Å². The highest BCUT2D eigenvalue weighted by molar-refractivity contribution is 6.35. The molecule has 0 aliphatic rings. The van der Waals surface area contributed by atoms with E-state index in [-0.39, 0.29) is 5.38 Å². The van der Waals surface area contributed by atoms with Gasteiger partial charge in [-0.1, -0.05) is 17.7 Å². The summed E-state index contributed by atoms with van der Waals surface area (Å²) in [4.78, 5) is 4.62. The maximum atomic E-state index is 6.30. The number of para-hydroxylation sites is 1. The highest BCUT2D eigenvalue weighted by Gasteiger charge is 2.18. The largest absolute Gasteiger partial charge is 0.322 e. The fourth-order valence-electron chi connectivity index (χ4n) is 2.57. The highest BCUT2D eigenvalue weighted by atomic mass is 35.5. The van der Waals surface area contributed by atoms with Gasteiger partial charge in [-0.15, -0.1) is 11.6 Å². The van der Waals surface area contributed by atoms with Crippen molar-refractivity contribution in [3.05, 3.63) is 46.5 Å². The van der Waals surface area contributed by atoms with Gasteiger partial charge in [0.1, 0.15) is 11.3 Å². The van der Waals surface area contributed by atoms with Gasteiger partial charge in [-0.25, -0.2) is 4.98 Å². The average Bonchev–Trinajstić information content (AvgIpc) is 2.93. The monoisotopic (exact) mass is 322 g/mol. The van der Waals surface area contributed by atoms with Gasteiger partial charge in [0.15, 0.2) is 0 Å². The van der Waals surface area contributed by atoms with E-state index < -0.39 is 0 Å². The number of hydrogen-bond donors (Lipinski definition) is 0. The second kappa shape index (κ2) is 5.35. The second-order valence-electron chi connectivity index (χ2n) is 5.19. The number of nitrogens with zero attached hydrogens (tertiary/aromatic N) is 4. The van der Waals surface area contributed by atoms with Crippen LogP contribution in [0.15, 0.2) is 24.4 Å². The van der Waals surface area contributed by atoms with E-state index in [0.29, 0.717) is 11.6 Å². The molecule has 21 heavy (non-hydrogen) atoms. The Morgan fingerprint density at radius 3 is 2.71 bits per heavy atom. The third-order valence-electron chi connectivity index (χ3n) is 3.56. The number of fused-ring (bicyclic) bond motifs is 1. The predicted octanol–water partition coefficient (Wildman–Crippen LogP) is 4.08. The maximum absolute atomic E-state index is 6.30. The minimum absolute atomic E-state index is 0.189. The van der Waals surface area contributed by atoms with Gasteiger partial charge in [0, 0.05) is 18.8 Å². The molecule has 0 saturated carbocycles. The van der Waals surface area contributed by atoms with Gasteiger partial charge in [0.05, 0.1) is 28.2 Å². The van der Waals surface area contributed by atoms with Crippen LogP contribution in [0, 0.1) is 6.92 Å². The van der Waals surface area contributed by atoms with E-state index in [9.17, 15) is 0 Å². The van der Waals surface area contributed by atoms with Crippen molar-refractivity contribution < 1.29 is 0 Å². The topological polar surface area (TPSA) is 35.6 Å². The summed E-state index contributed by atoms with van der Waals surface area (Å²) in [5.74, 6) is 0.822. The Hall–Kier alpha value is -1.52. The van der Waals surface area contributed by atoms with Gasteiger partial charge in [-0.2, -0.15) is 5.10 Å². The van der Waals surface area contributed by atoms with Crippen LogP contribution in [0.5, 0.6) is 0 Å². The summed E-state index contributed by atoms with van der Waals surface area (Å²) in [7, 11) is 1.92. The lowest BCUT2D eigenvalue weighted by Gasteiger charge is -2.10. The van der Waals surface area contributed by atoms with Crippen LogP contribution in [0.3, 0.4) is 0 Å². The van der Waals surface area contributed by atoms with Crippen LogP contribution in [0.1, 0.15) is 29.4 Å². The van der Waals surface area contributed by atoms with Crippen LogP contribution in [0.4, 0.5) is 0 Å². The highest BCUT2D eigenvalue weighted by Crippen LogP contribution is 2.29. The molecule has 2 aromatic heterocycles. The number of hydrogen-bond acceptors (Lipinski definition) is 2. The minimum Gasteiger partial charge on any atom is -0.322 e. The molecule has 3 rings (SSSR count). The average molecular weight is 323 g/mol. The molecular formula is C15H16Cl2N4. The summed E-state index contributed by atoms with van der Waals surface area (Å²) in [6, 6.07) is 5.80. The standard InChI is InChI=1S/C15H16Cl2N4/c1-9(16)15-18-14-12(17)5-4-6-13(14)21(15)8-11-7-20(3)19-10(11)2/h4-7,9H,8H2,1-3H3. The molecule has 0 fully saturated rings. The summed E-state index contributed by atoms with van der Waals surface area (Å²) >= 11 is 12.5. The first kappa shape index (κ1) is 14.4. The Balaban J connectivity index is 2.18. The molecular weight excluding hydrogens is 307 g/mol. The van der Waals surface area contributed by atoms with Crippen molar-refractivity contribution in [1.29, 1.82) is 0 Å². The van der Waals surface area contributed by atoms with Crippen LogP contribution in [-0.2, 0) is 13.6 Å². The van der Waals surface area contributed by atoms with Crippen molar-refractivity contribution >= 4 is 34.2 Å².